The van der Waals surface area contributed by atoms with Crippen molar-refractivity contribution in [2.24, 2.45) is 0 Å². The highest BCUT2D eigenvalue weighted by Crippen LogP contribution is 2.26. The van der Waals surface area contributed by atoms with Gasteiger partial charge in [0, 0.05) is 13.3 Å². The number of cyclic esters (lactones) is 3. The number of aliphatic hydroxyl groups is 3. The van der Waals surface area contributed by atoms with Crippen molar-refractivity contribution >= 4 is 18.0 Å². The molecular formula is C14H21NO10. The van der Waals surface area contributed by atoms with Gasteiger partial charge in [0.2, 0.25) is 5.91 Å². The Morgan fingerprint density at radius 2 is 1.96 bits per heavy atom. The van der Waals surface area contributed by atoms with E-state index in [9.17, 15) is 29.7 Å². The zero-order chi connectivity index (χ0) is 18.8. The third-order valence-corrected chi connectivity index (χ3v) is 3.87. The normalized spacial score (nSPS) is 38.2. The number of nitrogens with one attached hydrogen (secondary N) is 1. The molecule has 4 N–H and O–H groups in total. The predicted octanol–water partition coefficient (Wildman–Crippen LogP) is -1.86. The van der Waals surface area contributed by atoms with E-state index in [1.165, 1.54) is 0 Å². The second kappa shape index (κ2) is 7.62. The highest BCUT2D eigenvalue weighted by atomic mass is 16.9. The molecule has 0 saturated carbocycles. The number of hydrogen-bond donors (Lipinski definition) is 4. The van der Waals surface area contributed by atoms with Crippen LogP contribution >= 0.6 is 0 Å². The summed E-state index contributed by atoms with van der Waals surface area (Å²) in [5.74, 6) is -3.50. The molecule has 0 spiro atoms. The summed E-state index contributed by atoms with van der Waals surface area (Å²) in [6.07, 6.45) is -6.40. The van der Waals surface area contributed by atoms with E-state index >= 15 is 0 Å². The van der Waals surface area contributed by atoms with E-state index in [-0.39, 0.29) is 6.42 Å². The van der Waals surface area contributed by atoms with Crippen LogP contribution in [0.15, 0.2) is 0 Å². The number of carbonyl (C=O) groups is 3. The van der Waals surface area contributed by atoms with Gasteiger partial charge in [0.25, 0.3) is 0 Å². The van der Waals surface area contributed by atoms with Gasteiger partial charge in [0.15, 0.2) is 6.29 Å². The van der Waals surface area contributed by atoms with Crippen LogP contribution in [0.4, 0.5) is 4.79 Å². The first kappa shape index (κ1) is 19.5. The van der Waals surface area contributed by atoms with Crippen molar-refractivity contribution in [3.8, 4) is 0 Å². The van der Waals surface area contributed by atoms with E-state index in [0.29, 0.717) is 6.42 Å². The topological polar surface area (TPSA) is 161 Å². The summed E-state index contributed by atoms with van der Waals surface area (Å²) in [6, 6.07) is -1.23. The van der Waals surface area contributed by atoms with Gasteiger partial charge < -0.3 is 39.6 Å². The van der Waals surface area contributed by atoms with Gasteiger partial charge in [-0.15, -0.1) is 0 Å². The largest absolute Gasteiger partial charge is 0.519 e. The van der Waals surface area contributed by atoms with Gasteiger partial charge in [-0.2, -0.15) is 0 Å². The zero-order valence-electron chi connectivity index (χ0n) is 13.7. The first-order valence-electron chi connectivity index (χ1n) is 7.76. The highest BCUT2D eigenvalue weighted by molar-refractivity contribution is 5.92. The van der Waals surface area contributed by atoms with E-state index < -0.39 is 61.1 Å². The molecule has 0 aromatic rings. The minimum atomic E-state index is -2.01. The third kappa shape index (κ3) is 4.25. The molecule has 11 heteroatoms. The summed E-state index contributed by atoms with van der Waals surface area (Å²) in [4.78, 5) is 34.0. The average molecular weight is 363 g/mol. The van der Waals surface area contributed by atoms with Crippen molar-refractivity contribution < 1.29 is 48.7 Å². The minimum Gasteiger partial charge on any atom is -0.390 e. The zero-order valence-corrected chi connectivity index (χ0v) is 13.7. The van der Waals surface area contributed by atoms with E-state index in [4.69, 9.17) is 9.47 Å². The summed E-state index contributed by atoms with van der Waals surface area (Å²) in [6.45, 7) is 2.42. The lowest BCUT2D eigenvalue weighted by Crippen LogP contribution is -2.64. The predicted molar refractivity (Wildman–Crippen MR) is 76.7 cm³/mol. The van der Waals surface area contributed by atoms with Gasteiger partial charge in [0.05, 0.1) is 6.61 Å². The van der Waals surface area contributed by atoms with Gasteiger partial charge in [0.1, 0.15) is 24.4 Å². The molecule has 0 aromatic carbocycles. The average Bonchev–Trinajstić information content (AvgIpc) is 2.79. The lowest BCUT2D eigenvalue weighted by Gasteiger charge is -2.41. The fourth-order valence-electron chi connectivity index (χ4n) is 2.44. The van der Waals surface area contributed by atoms with Crippen LogP contribution in [-0.4, -0.2) is 76.4 Å². The second-order valence-electron chi connectivity index (χ2n) is 5.89. The van der Waals surface area contributed by atoms with E-state index in [1.807, 2.05) is 0 Å². The summed E-state index contributed by atoms with van der Waals surface area (Å²) >= 11 is 0. The van der Waals surface area contributed by atoms with Crippen molar-refractivity contribution in [3.63, 3.8) is 0 Å². The standard InChI is InChI=1S/C14H21NO10/c1-3-4-7(16)15-8-10(18)9(17)6(23-11(8)19)5-22-14(2)12(20)24-13(21)25-14/h6,8-11,17-19H,3-5H2,1-2H3,(H,15,16)/t6-,8-,9-,10-,11?,14?/m1/s1. The van der Waals surface area contributed by atoms with Gasteiger partial charge in [-0.3, -0.25) is 4.79 Å². The number of hydrogen-bond acceptors (Lipinski definition) is 10. The first-order chi connectivity index (χ1) is 11.7. The number of carbonyl (C=O) groups excluding carboxylic acids is 3. The fourth-order valence-corrected chi connectivity index (χ4v) is 2.44. The van der Waals surface area contributed by atoms with Crippen LogP contribution in [0.2, 0.25) is 0 Å². The number of esters is 1. The maximum Gasteiger partial charge on any atom is 0.519 e. The molecule has 6 atom stereocenters. The molecule has 2 unspecified atom stereocenters. The van der Waals surface area contributed by atoms with Crippen LogP contribution in [-0.2, 0) is 28.5 Å². The fraction of sp³-hybridized carbons (Fsp3) is 0.786. The van der Waals surface area contributed by atoms with Crippen molar-refractivity contribution in [2.45, 2.75) is 63.1 Å². The Hall–Kier alpha value is -1.79. The van der Waals surface area contributed by atoms with Gasteiger partial charge in [-0.1, -0.05) is 6.92 Å². The lowest BCUT2D eigenvalue weighted by molar-refractivity contribution is -0.272. The molecule has 2 aliphatic heterocycles. The molecule has 0 radical (unpaired) electrons. The molecule has 2 heterocycles. The van der Waals surface area contributed by atoms with E-state index in [0.717, 1.165) is 6.92 Å². The van der Waals surface area contributed by atoms with Crippen LogP contribution < -0.4 is 5.32 Å². The Balaban J connectivity index is 1.95. The summed E-state index contributed by atoms with van der Waals surface area (Å²) in [5, 5.41) is 32.5. The highest BCUT2D eigenvalue weighted by Gasteiger charge is 2.51. The maximum atomic E-state index is 11.6. The molecule has 1 amide bonds. The van der Waals surface area contributed by atoms with Crippen molar-refractivity contribution in [1.82, 2.24) is 5.32 Å². The smallest absolute Gasteiger partial charge is 0.390 e. The van der Waals surface area contributed by atoms with Crippen LogP contribution in [0.3, 0.4) is 0 Å². The Morgan fingerprint density at radius 1 is 1.28 bits per heavy atom. The molecule has 2 aliphatic rings. The number of aliphatic hydroxyl groups excluding tert-OH is 3. The minimum absolute atomic E-state index is 0.185. The van der Waals surface area contributed by atoms with Crippen molar-refractivity contribution in [2.75, 3.05) is 6.61 Å². The molecule has 142 valence electrons. The summed E-state index contributed by atoms with van der Waals surface area (Å²) in [7, 11) is 0. The number of ether oxygens (including phenoxy) is 4. The Labute approximate surface area is 142 Å². The Morgan fingerprint density at radius 3 is 2.52 bits per heavy atom. The number of amides is 1. The van der Waals surface area contributed by atoms with Crippen LogP contribution in [0, 0.1) is 0 Å². The first-order valence-corrected chi connectivity index (χ1v) is 7.76. The summed E-state index contributed by atoms with van der Waals surface area (Å²) < 4.78 is 19.0. The van der Waals surface area contributed by atoms with Crippen molar-refractivity contribution in [1.29, 1.82) is 0 Å². The van der Waals surface area contributed by atoms with E-state index in [1.54, 1.807) is 6.92 Å². The second-order valence-corrected chi connectivity index (χ2v) is 5.89. The van der Waals surface area contributed by atoms with Gasteiger partial charge >= 0.3 is 17.9 Å². The van der Waals surface area contributed by atoms with E-state index in [2.05, 4.69) is 14.8 Å². The molecule has 2 rings (SSSR count). The maximum absolute atomic E-state index is 11.6. The quantitative estimate of drug-likeness (QED) is 0.311. The molecule has 0 aliphatic carbocycles. The van der Waals surface area contributed by atoms with Gasteiger partial charge in [-0.25, -0.2) is 9.59 Å². The Bertz CT molecular complexity index is 540. The van der Waals surface area contributed by atoms with Crippen molar-refractivity contribution in [3.05, 3.63) is 0 Å². The molecule has 2 fully saturated rings. The molecule has 0 bridgehead atoms. The third-order valence-electron chi connectivity index (χ3n) is 3.87. The van der Waals surface area contributed by atoms with Crippen LogP contribution in [0.25, 0.3) is 0 Å². The Kier molecular flexibility index (Phi) is 5.95. The monoisotopic (exact) mass is 363 g/mol. The number of rotatable bonds is 6. The molecule has 11 nitrogen and oxygen atoms in total. The molecular weight excluding hydrogens is 342 g/mol. The van der Waals surface area contributed by atoms with Crippen LogP contribution in [0.1, 0.15) is 26.7 Å². The molecule has 2 saturated heterocycles. The van der Waals surface area contributed by atoms with Crippen LogP contribution in [0.5, 0.6) is 0 Å². The molecule has 0 aromatic heterocycles. The lowest BCUT2D eigenvalue weighted by atomic mass is 9.97. The summed E-state index contributed by atoms with van der Waals surface area (Å²) in [5.41, 5.74) is 0. The van der Waals surface area contributed by atoms with Gasteiger partial charge in [-0.05, 0) is 6.42 Å². The SMILES string of the molecule is CCCC(=O)N[C@H]1C(O)O[C@H](COC2(C)OC(=O)OC2=O)[C@@H](O)[C@@H]1O. The molecule has 25 heavy (non-hydrogen) atoms.